The van der Waals surface area contributed by atoms with Crippen molar-refractivity contribution in [2.75, 3.05) is 33.8 Å². The first-order valence-electron chi connectivity index (χ1n) is 7.63. The standard InChI is InChI=1S/C15H20N4O4/c1-18-8-10(7-12(18)20)15(21)19-6-3-11(9-19)23-14-13(22-2)16-4-5-17-14/h4-5,10-11H,3,6-9H2,1-2H3/t10-,11+/m0/s1. The maximum atomic E-state index is 12.5. The first kappa shape index (κ1) is 15.5. The lowest BCUT2D eigenvalue weighted by atomic mass is 10.1. The van der Waals surface area contributed by atoms with E-state index in [2.05, 4.69) is 9.97 Å². The third-order valence-electron chi connectivity index (χ3n) is 4.25. The van der Waals surface area contributed by atoms with Crippen molar-refractivity contribution in [3.8, 4) is 11.8 Å². The van der Waals surface area contributed by atoms with Crippen molar-refractivity contribution in [3.05, 3.63) is 12.4 Å². The number of rotatable bonds is 4. The molecule has 0 N–H and O–H groups in total. The molecule has 2 atom stereocenters. The molecule has 3 rings (SSSR count). The van der Waals surface area contributed by atoms with Gasteiger partial charge in [-0.1, -0.05) is 0 Å². The molecule has 0 aromatic carbocycles. The predicted molar refractivity (Wildman–Crippen MR) is 79.9 cm³/mol. The van der Waals surface area contributed by atoms with Crippen molar-refractivity contribution in [2.45, 2.75) is 18.9 Å². The number of aromatic nitrogens is 2. The Kier molecular flexibility index (Phi) is 4.31. The number of ether oxygens (including phenoxy) is 2. The van der Waals surface area contributed by atoms with E-state index in [1.54, 1.807) is 16.8 Å². The van der Waals surface area contributed by atoms with Gasteiger partial charge in [-0.3, -0.25) is 9.59 Å². The van der Waals surface area contributed by atoms with Gasteiger partial charge in [0.05, 0.1) is 19.6 Å². The summed E-state index contributed by atoms with van der Waals surface area (Å²) in [6.07, 6.45) is 3.95. The first-order valence-corrected chi connectivity index (χ1v) is 7.63. The number of amides is 2. The predicted octanol–water partition coefficient (Wildman–Crippen LogP) is -0.0568. The van der Waals surface area contributed by atoms with Gasteiger partial charge in [0.15, 0.2) is 0 Å². The van der Waals surface area contributed by atoms with Crippen molar-refractivity contribution in [1.82, 2.24) is 19.8 Å². The zero-order valence-electron chi connectivity index (χ0n) is 13.3. The second-order valence-corrected chi connectivity index (χ2v) is 5.86. The Morgan fingerprint density at radius 3 is 2.65 bits per heavy atom. The molecule has 0 aliphatic carbocycles. The highest BCUT2D eigenvalue weighted by molar-refractivity contribution is 5.89. The molecular formula is C15H20N4O4. The van der Waals surface area contributed by atoms with Gasteiger partial charge in [0.2, 0.25) is 11.8 Å². The summed E-state index contributed by atoms with van der Waals surface area (Å²) in [6, 6.07) is 0. The van der Waals surface area contributed by atoms with Gasteiger partial charge in [-0.05, 0) is 0 Å². The SMILES string of the molecule is COc1nccnc1O[C@@H]1CCN(C(=O)[C@H]2CC(=O)N(C)C2)C1. The Morgan fingerprint density at radius 1 is 1.26 bits per heavy atom. The normalized spacial score (nSPS) is 24.2. The molecule has 1 aromatic heterocycles. The van der Waals surface area contributed by atoms with Crippen LogP contribution in [0.15, 0.2) is 12.4 Å². The maximum absolute atomic E-state index is 12.5. The van der Waals surface area contributed by atoms with Crippen LogP contribution in [0.5, 0.6) is 11.8 Å². The van der Waals surface area contributed by atoms with Crippen LogP contribution < -0.4 is 9.47 Å². The molecule has 8 heteroatoms. The van der Waals surface area contributed by atoms with Crippen molar-refractivity contribution in [2.24, 2.45) is 5.92 Å². The van der Waals surface area contributed by atoms with Crippen LogP contribution in [0.25, 0.3) is 0 Å². The minimum Gasteiger partial charge on any atom is -0.477 e. The third kappa shape index (κ3) is 3.20. The van der Waals surface area contributed by atoms with Crippen LogP contribution in [0, 0.1) is 5.92 Å². The topological polar surface area (TPSA) is 84.9 Å². The fraction of sp³-hybridized carbons (Fsp3) is 0.600. The van der Waals surface area contributed by atoms with E-state index in [1.807, 2.05) is 0 Å². The summed E-state index contributed by atoms with van der Waals surface area (Å²) in [5, 5.41) is 0. The van der Waals surface area contributed by atoms with Crippen LogP contribution in [-0.4, -0.2) is 71.5 Å². The maximum Gasteiger partial charge on any atom is 0.278 e. The lowest BCUT2D eigenvalue weighted by Crippen LogP contribution is -2.36. The average molecular weight is 320 g/mol. The van der Waals surface area contributed by atoms with E-state index in [4.69, 9.17) is 9.47 Å². The highest BCUT2D eigenvalue weighted by atomic mass is 16.5. The minimum absolute atomic E-state index is 0.0274. The Hall–Kier alpha value is -2.38. The van der Waals surface area contributed by atoms with E-state index in [1.165, 1.54) is 19.5 Å². The molecule has 2 aliphatic heterocycles. The highest BCUT2D eigenvalue weighted by Gasteiger charge is 2.37. The zero-order chi connectivity index (χ0) is 16.4. The van der Waals surface area contributed by atoms with E-state index in [9.17, 15) is 9.59 Å². The fourth-order valence-corrected chi connectivity index (χ4v) is 3.00. The largest absolute Gasteiger partial charge is 0.477 e. The van der Waals surface area contributed by atoms with Crippen molar-refractivity contribution in [1.29, 1.82) is 0 Å². The first-order chi connectivity index (χ1) is 11.1. The number of carbonyl (C=O) groups excluding carboxylic acids is 2. The average Bonchev–Trinajstić information content (AvgIpc) is 3.15. The highest BCUT2D eigenvalue weighted by Crippen LogP contribution is 2.26. The van der Waals surface area contributed by atoms with Crippen LogP contribution in [0.2, 0.25) is 0 Å². The fourth-order valence-electron chi connectivity index (χ4n) is 3.00. The van der Waals surface area contributed by atoms with Crippen LogP contribution in [0.3, 0.4) is 0 Å². The molecule has 3 heterocycles. The quantitative estimate of drug-likeness (QED) is 0.773. The van der Waals surface area contributed by atoms with E-state index >= 15 is 0 Å². The van der Waals surface area contributed by atoms with Crippen LogP contribution in [0.1, 0.15) is 12.8 Å². The molecule has 2 fully saturated rings. The Bertz CT molecular complexity index is 609. The number of likely N-dealkylation sites (tertiary alicyclic amines) is 2. The van der Waals surface area contributed by atoms with Gasteiger partial charge in [0.25, 0.3) is 11.8 Å². The molecule has 0 radical (unpaired) electrons. The Labute approximate surface area is 134 Å². The number of hydrogen-bond acceptors (Lipinski definition) is 6. The van der Waals surface area contributed by atoms with Gasteiger partial charge in [-0.15, -0.1) is 0 Å². The Morgan fingerprint density at radius 2 is 2.00 bits per heavy atom. The summed E-state index contributed by atoms with van der Waals surface area (Å²) in [7, 11) is 3.24. The lowest BCUT2D eigenvalue weighted by molar-refractivity contribution is -0.135. The van der Waals surface area contributed by atoms with Gasteiger partial charge in [-0.25, -0.2) is 9.97 Å². The van der Waals surface area contributed by atoms with E-state index < -0.39 is 0 Å². The summed E-state index contributed by atoms with van der Waals surface area (Å²) < 4.78 is 10.9. The summed E-state index contributed by atoms with van der Waals surface area (Å²) in [5.41, 5.74) is 0. The summed E-state index contributed by atoms with van der Waals surface area (Å²) >= 11 is 0. The van der Waals surface area contributed by atoms with Crippen molar-refractivity contribution < 1.29 is 19.1 Å². The van der Waals surface area contributed by atoms with Gasteiger partial charge >= 0.3 is 0 Å². The molecule has 23 heavy (non-hydrogen) atoms. The number of methoxy groups -OCH3 is 1. The van der Waals surface area contributed by atoms with E-state index in [0.717, 1.165) is 6.42 Å². The molecule has 2 aliphatic rings. The molecule has 0 bridgehead atoms. The molecule has 1 aromatic rings. The lowest BCUT2D eigenvalue weighted by Gasteiger charge is -2.20. The van der Waals surface area contributed by atoms with Crippen molar-refractivity contribution >= 4 is 11.8 Å². The van der Waals surface area contributed by atoms with Crippen LogP contribution in [0.4, 0.5) is 0 Å². The van der Waals surface area contributed by atoms with Crippen molar-refractivity contribution in [3.63, 3.8) is 0 Å². The molecule has 0 saturated carbocycles. The molecule has 0 spiro atoms. The van der Waals surface area contributed by atoms with Crippen LogP contribution in [-0.2, 0) is 9.59 Å². The van der Waals surface area contributed by atoms with Gasteiger partial charge in [-0.2, -0.15) is 0 Å². The third-order valence-corrected chi connectivity index (χ3v) is 4.25. The summed E-state index contributed by atoms with van der Waals surface area (Å²) in [4.78, 5) is 35.6. The molecular weight excluding hydrogens is 300 g/mol. The molecule has 2 saturated heterocycles. The molecule has 2 amide bonds. The van der Waals surface area contributed by atoms with E-state index in [-0.39, 0.29) is 23.8 Å². The van der Waals surface area contributed by atoms with E-state index in [0.29, 0.717) is 37.8 Å². The van der Waals surface area contributed by atoms with Gasteiger partial charge in [0, 0.05) is 45.4 Å². The summed E-state index contributed by atoms with van der Waals surface area (Å²) in [6.45, 7) is 1.62. The minimum atomic E-state index is -0.239. The number of nitrogens with zero attached hydrogens (tertiary/aromatic N) is 4. The monoisotopic (exact) mass is 320 g/mol. The van der Waals surface area contributed by atoms with Gasteiger partial charge < -0.3 is 19.3 Å². The molecule has 8 nitrogen and oxygen atoms in total. The zero-order valence-corrected chi connectivity index (χ0v) is 13.3. The second-order valence-electron chi connectivity index (χ2n) is 5.86. The number of carbonyl (C=O) groups is 2. The van der Waals surface area contributed by atoms with Crippen LogP contribution >= 0.6 is 0 Å². The van der Waals surface area contributed by atoms with Gasteiger partial charge in [0.1, 0.15) is 6.10 Å². The molecule has 124 valence electrons. The number of hydrogen-bond donors (Lipinski definition) is 0. The summed E-state index contributed by atoms with van der Waals surface area (Å²) in [5.74, 6) is 0.488. The Balaban J connectivity index is 1.58. The second kappa shape index (κ2) is 6.39. The smallest absolute Gasteiger partial charge is 0.278 e. The molecule has 0 unspecified atom stereocenters.